The third-order valence-corrected chi connectivity index (χ3v) is 5.19. The van der Waals surface area contributed by atoms with Gasteiger partial charge in [-0.15, -0.1) is 0 Å². The van der Waals surface area contributed by atoms with Gasteiger partial charge in [0.2, 0.25) is 0 Å². The maximum Gasteiger partial charge on any atom is 0.339 e. The predicted molar refractivity (Wildman–Crippen MR) is 119 cm³/mol. The van der Waals surface area contributed by atoms with E-state index >= 15 is 0 Å². The van der Waals surface area contributed by atoms with Gasteiger partial charge in [0.05, 0.1) is 17.9 Å². The predicted octanol–water partition coefficient (Wildman–Crippen LogP) is 4.32. The van der Waals surface area contributed by atoms with Gasteiger partial charge >= 0.3 is 5.97 Å². The third kappa shape index (κ3) is 6.11. The number of aryl methyl sites for hydroxylation is 1. The first-order valence-corrected chi connectivity index (χ1v) is 10.6. The Kier molecular flexibility index (Phi) is 8.79. The normalized spacial score (nSPS) is 10.8. The van der Waals surface area contributed by atoms with E-state index in [0.717, 1.165) is 29.8 Å². The van der Waals surface area contributed by atoms with E-state index in [9.17, 15) is 9.59 Å². The summed E-state index contributed by atoms with van der Waals surface area (Å²) in [6, 6.07) is 10.8. The Balaban J connectivity index is 2.33. The molecule has 0 atom stereocenters. The number of aromatic nitrogens is 1. The zero-order chi connectivity index (χ0) is 21.4. The molecule has 0 N–H and O–H groups in total. The van der Waals surface area contributed by atoms with Gasteiger partial charge in [-0.25, -0.2) is 9.78 Å². The molecule has 2 aromatic rings. The van der Waals surface area contributed by atoms with Gasteiger partial charge in [-0.2, -0.15) is 0 Å². The smallest absolute Gasteiger partial charge is 0.339 e. The van der Waals surface area contributed by atoms with Gasteiger partial charge in [-0.1, -0.05) is 35.8 Å². The van der Waals surface area contributed by atoms with E-state index in [4.69, 9.17) is 4.74 Å². The molecule has 0 unspecified atom stereocenters. The van der Waals surface area contributed by atoms with Crippen LogP contribution in [0.15, 0.2) is 40.9 Å². The lowest BCUT2D eigenvalue weighted by molar-refractivity contribution is 0.0524. The summed E-state index contributed by atoms with van der Waals surface area (Å²) < 4.78 is 5.94. The van der Waals surface area contributed by atoms with Gasteiger partial charge in [0.1, 0.15) is 5.69 Å². The number of amides is 1. The zero-order valence-electron chi connectivity index (χ0n) is 17.4. The minimum absolute atomic E-state index is 0.200. The van der Waals surface area contributed by atoms with Crippen LogP contribution in [0.1, 0.15) is 47.3 Å². The minimum Gasteiger partial charge on any atom is -0.462 e. The van der Waals surface area contributed by atoms with E-state index in [2.05, 4.69) is 39.7 Å². The number of hydrogen-bond donors (Lipinski definition) is 0. The van der Waals surface area contributed by atoms with Crippen molar-refractivity contribution in [1.29, 1.82) is 0 Å². The Morgan fingerprint density at radius 2 is 1.79 bits per heavy atom. The molecule has 1 aromatic heterocycles. The van der Waals surface area contributed by atoms with E-state index in [-0.39, 0.29) is 5.91 Å². The van der Waals surface area contributed by atoms with Gasteiger partial charge in [0, 0.05) is 23.2 Å². The molecule has 156 valence electrons. The molecular formula is C22H28BrN3O3. The van der Waals surface area contributed by atoms with E-state index in [1.54, 1.807) is 30.9 Å². The molecule has 0 fully saturated rings. The number of carbonyl (C=O) groups is 2. The number of esters is 1. The van der Waals surface area contributed by atoms with Crippen molar-refractivity contribution in [2.24, 2.45) is 0 Å². The number of halogens is 1. The van der Waals surface area contributed by atoms with Crippen LogP contribution in [0.4, 0.5) is 5.69 Å². The van der Waals surface area contributed by atoms with Crippen LogP contribution >= 0.6 is 15.9 Å². The topological polar surface area (TPSA) is 62.7 Å². The molecule has 7 heteroatoms. The number of rotatable bonds is 9. The fourth-order valence-electron chi connectivity index (χ4n) is 3.02. The SMILES string of the molecule is CCOC(=O)c1ccc(C(=O)N(CCN(CC)CC)c2cccc(Br)c2)nc1C. The van der Waals surface area contributed by atoms with Crippen molar-refractivity contribution in [2.75, 3.05) is 37.7 Å². The summed E-state index contributed by atoms with van der Waals surface area (Å²) >= 11 is 3.48. The molecule has 0 spiro atoms. The summed E-state index contributed by atoms with van der Waals surface area (Å²) in [5.74, 6) is -0.629. The number of ether oxygens (including phenoxy) is 1. The van der Waals surface area contributed by atoms with E-state index in [0.29, 0.717) is 30.1 Å². The molecule has 0 radical (unpaired) electrons. The molecule has 0 aliphatic rings. The Hall–Kier alpha value is -2.25. The summed E-state index contributed by atoms with van der Waals surface area (Å²) in [5, 5.41) is 0. The fraction of sp³-hybridized carbons (Fsp3) is 0.409. The van der Waals surface area contributed by atoms with Crippen LogP contribution in [0.2, 0.25) is 0 Å². The molecule has 0 saturated heterocycles. The summed E-state index contributed by atoms with van der Waals surface area (Å²) in [7, 11) is 0. The standard InChI is InChI=1S/C22H28BrN3O3/c1-5-25(6-2)13-14-26(18-10-8-9-17(23)15-18)21(27)20-12-11-19(16(4)24-20)22(28)29-7-3/h8-12,15H,5-7,13-14H2,1-4H3. The number of carbonyl (C=O) groups excluding carboxylic acids is 2. The van der Waals surface area contributed by atoms with Crippen LogP contribution in [0, 0.1) is 6.92 Å². The second kappa shape index (κ2) is 11.1. The van der Waals surface area contributed by atoms with Gasteiger partial charge in [0.25, 0.3) is 5.91 Å². The number of hydrogen-bond acceptors (Lipinski definition) is 5. The quantitative estimate of drug-likeness (QED) is 0.520. The van der Waals surface area contributed by atoms with Crippen LogP contribution in [0.5, 0.6) is 0 Å². The molecule has 0 aliphatic heterocycles. The Bertz CT molecular complexity index is 853. The van der Waals surface area contributed by atoms with Crippen molar-refractivity contribution >= 4 is 33.5 Å². The van der Waals surface area contributed by atoms with Crippen LogP contribution in [-0.2, 0) is 4.74 Å². The fourth-order valence-corrected chi connectivity index (χ4v) is 3.40. The van der Waals surface area contributed by atoms with Crippen molar-refractivity contribution < 1.29 is 14.3 Å². The van der Waals surface area contributed by atoms with Gasteiger partial charge in [0.15, 0.2) is 0 Å². The molecule has 0 aliphatic carbocycles. The molecule has 29 heavy (non-hydrogen) atoms. The molecule has 0 bridgehead atoms. The Morgan fingerprint density at radius 3 is 2.38 bits per heavy atom. The second-order valence-corrected chi connectivity index (χ2v) is 7.43. The molecule has 1 aromatic carbocycles. The molecule has 1 heterocycles. The zero-order valence-corrected chi connectivity index (χ0v) is 19.0. The summed E-state index contributed by atoms with van der Waals surface area (Å²) in [4.78, 5) is 33.7. The average Bonchev–Trinajstić information content (AvgIpc) is 2.71. The van der Waals surface area contributed by atoms with Gasteiger partial charge in [-0.05, 0) is 57.3 Å². The van der Waals surface area contributed by atoms with Crippen molar-refractivity contribution in [3.05, 3.63) is 57.8 Å². The Morgan fingerprint density at radius 1 is 1.07 bits per heavy atom. The summed E-state index contributed by atoms with van der Waals surface area (Å²) in [5.41, 5.74) is 1.95. The first-order valence-electron chi connectivity index (χ1n) is 9.85. The van der Waals surface area contributed by atoms with Crippen LogP contribution in [-0.4, -0.2) is 54.5 Å². The van der Waals surface area contributed by atoms with E-state index in [1.165, 1.54) is 0 Å². The van der Waals surface area contributed by atoms with Crippen molar-refractivity contribution in [1.82, 2.24) is 9.88 Å². The monoisotopic (exact) mass is 461 g/mol. The van der Waals surface area contributed by atoms with Crippen molar-refractivity contribution in [3.8, 4) is 0 Å². The summed E-state index contributed by atoms with van der Waals surface area (Å²) in [6.07, 6.45) is 0. The minimum atomic E-state index is -0.429. The lowest BCUT2D eigenvalue weighted by Crippen LogP contribution is -2.39. The highest BCUT2D eigenvalue weighted by Crippen LogP contribution is 2.22. The third-order valence-electron chi connectivity index (χ3n) is 4.70. The lowest BCUT2D eigenvalue weighted by atomic mass is 10.1. The first-order chi connectivity index (χ1) is 13.9. The highest BCUT2D eigenvalue weighted by atomic mass is 79.9. The molecule has 2 rings (SSSR count). The summed E-state index contributed by atoms with van der Waals surface area (Å²) in [6.45, 7) is 11.1. The van der Waals surface area contributed by atoms with Crippen molar-refractivity contribution in [2.45, 2.75) is 27.7 Å². The van der Waals surface area contributed by atoms with Crippen LogP contribution in [0.25, 0.3) is 0 Å². The van der Waals surface area contributed by atoms with Crippen molar-refractivity contribution in [3.63, 3.8) is 0 Å². The molecular weight excluding hydrogens is 434 g/mol. The average molecular weight is 462 g/mol. The highest BCUT2D eigenvalue weighted by Gasteiger charge is 2.22. The largest absolute Gasteiger partial charge is 0.462 e. The van der Waals surface area contributed by atoms with Crippen LogP contribution in [0.3, 0.4) is 0 Å². The molecule has 0 saturated carbocycles. The second-order valence-electron chi connectivity index (χ2n) is 6.51. The maximum absolute atomic E-state index is 13.3. The van der Waals surface area contributed by atoms with Gasteiger partial charge < -0.3 is 14.5 Å². The van der Waals surface area contributed by atoms with Gasteiger partial charge in [-0.3, -0.25) is 4.79 Å². The number of benzene rings is 1. The number of anilines is 1. The van der Waals surface area contributed by atoms with Crippen LogP contribution < -0.4 is 4.90 Å². The number of likely N-dealkylation sites (N-methyl/N-ethyl adjacent to an activating group) is 1. The first kappa shape index (κ1) is 23.0. The maximum atomic E-state index is 13.3. The van der Waals surface area contributed by atoms with E-state index in [1.807, 2.05) is 24.3 Å². The lowest BCUT2D eigenvalue weighted by Gasteiger charge is -2.26. The molecule has 6 nitrogen and oxygen atoms in total. The molecule has 1 amide bonds. The Labute approximate surface area is 181 Å². The highest BCUT2D eigenvalue weighted by molar-refractivity contribution is 9.10. The number of pyridine rings is 1. The number of nitrogens with zero attached hydrogens (tertiary/aromatic N) is 3. The van der Waals surface area contributed by atoms with E-state index < -0.39 is 5.97 Å².